The Morgan fingerprint density at radius 1 is 1.20 bits per heavy atom. The van der Waals surface area contributed by atoms with Crippen LogP contribution in [0.1, 0.15) is 87.0 Å². The molecular formula is C32H61N2O9P. The number of carbonyl (C=O) groups excluding carboxylic acids is 1. The minimum atomic E-state index is -1.68. The molecule has 4 N–H and O–H groups in total. The summed E-state index contributed by atoms with van der Waals surface area (Å²) in [6.45, 7) is 14.1. The number of aliphatic carboxylic acids is 1. The highest BCUT2D eigenvalue weighted by Gasteiger charge is 2.46. The van der Waals surface area contributed by atoms with Crippen LogP contribution < -0.4 is 0 Å². The molecule has 2 saturated heterocycles. The van der Waals surface area contributed by atoms with Crippen LogP contribution in [0, 0.1) is 11.8 Å². The Morgan fingerprint density at radius 2 is 1.86 bits per heavy atom. The molecule has 2 aliphatic rings. The molecule has 2 heterocycles. The van der Waals surface area contributed by atoms with Gasteiger partial charge in [-0.15, -0.1) is 8.58 Å². The van der Waals surface area contributed by atoms with Crippen LogP contribution in [0.15, 0.2) is 0 Å². The van der Waals surface area contributed by atoms with Crippen molar-refractivity contribution in [2.75, 3.05) is 40.0 Å². The van der Waals surface area contributed by atoms with Crippen LogP contribution in [0.3, 0.4) is 0 Å². The first-order valence-electron chi connectivity index (χ1n) is 16.3. The number of likely N-dealkylation sites (N-methyl/N-ethyl adjacent to an activating group) is 1. The Balaban J connectivity index is 1.98. The van der Waals surface area contributed by atoms with E-state index >= 15 is 0 Å². The Kier molecular flexibility index (Phi) is 15.4. The van der Waals surface area contributed by atoms with Crippen molar-refractivity contribution in [3.63, 3.8) is 0 Å². The van der Waals surface area contributed by atoms with Gasteiger partial charge in [-0.3, -0.25) is 9.59 Å². The van der Waals surface area contributed by atoms with Gasteiger partial charge >= 0.3 is 11.9 Å². The molecule has 0 saturated carbocycles. The molecule has 0 bridgehead atoms. The van der Waals surface area contributed by atoms with E-state index < -0.39 is 41.7 Å². The summed E-state index contributed by atoms with van der Waals surface area (Å²) in [5, 5.41) is 40.9. The summed E-state index contributed by atoms with van der Waals surface area (Å²) in [5.74, 6) is -1.81. The summed E-state index contributed by atoms with van der Waals surface area (Å²) in [6.07, 6.45) is 2.74. The average Bonchev–Trinajstić information content (AvgIpc) is 3.30. The molecule has 0 aromatic rings. The topological polar surface area (TPSA) is 149 Å². The normalized spacial score (nSPS) is 31.4. The number of esters is 1. The highest BCUT2D eigenvalue weighted by atomic mass is 31.1. The van der Waals surface area contributed by atoms with Gasteiger partial charge in [-0.05, 0) is 79.6 Å². The zero-order valence-corrected chi connectivity index (χ0v) is 29.5. The average molecular weight is 649 g/mol. The fourth-order valence-corrected chi connectivity index (χ4v) is 8.72. The summed E-state index contributed by atoms with van der Waals surface area (Å²) in [7, 11) is 4.68. The van der Waals surface area contributed by atoms with Crippen molar-refractivity contribution < 1.29 is 44.2 Å². The summed E-state index contributed by atoms with van der Waals surface area (Å²) in [6, 6.07) is -0.196. The maximum Gasteiger partial charge on any atom is 0.311 e. The molecule has 0 amide bonds. The predicted octanol–water partition coefficient (Wildman–Crippen LogP) is 2.92. The first-order chi connectivity index (χ1) is 20.4. The molecule has 12 atom stereocenters. The number of aliphatic hydroxyl groups excluding tert-OH is 2. The fourth-order valence-electron chi connectivity index (χ4n) is 6.81. The standard InChI is InChI=1S/C32H61N2O9P/c1-10-25(43-30(39)21(3)19-35)32(7,40)29(38)23(5)34(9)18-20(2)17-31(6)26(12-14-44-31)42-28-16-24(15-22(4)41-28)33(8)13-11-27(36)37/h20-26,28-29,35,38,40,44H,10-19H2,1-9H3,(H,36,37)/t20-,21-,22-,23-,24?,25-,26-,28+,29-,31-,32-/m1/s1. The van der Waals surface area contributed by atoms with Crippen molar-refractivity contribution in [1.82, 2.24) is 9.80 Å². The van der Waals surface area contributed by atoms with E-state index in [0.717, 1.165) is 40.4 Å². The first kappa shape index (κ1) is 39.3. The highest BCUT2D eigenvalue weighted by molar-refractivity contribution is 7.40. The lowest BCUT2D eigenvalue weighted by atomic mass is 9.85. The minimum absolute atomic E-state index is 0.00668. The van der Waals surface area contributed by atoms with E-state index in [1.807, 2.05) is 21.0 Å². The number of aliphatic hydroxyl groups is 3. The molecule has 2 rings (SSSR count). The van der Waals surface area contributed by atoms with Crippen molar-refractivity contribution >= 4 is 20.5 Å². The SMILES string of the molecule is CC[C@@H](OC(=O)[C@H](C)CO)[C@@](C)(O)[C@H](O)[C@@H](C)N(C)C[C@H](C)C[C@@]1(C)PCC[C@H]1O[C@H]1CC(N(C)CCC(=O)O)C[C@@H](C)O1. The van der Waals surface area contributed by atoms with Crippen molar-refractivity contribution in [1.29, 1.82) is 0 Å². The quantitative estimate of drug-likeness (QED) is 0.128. The van der Waals surface area contributed by atoms with Gasteiger partial charge in [0.15, 0.2) is 6.29 Å². The van der Waals surface area contributed by atoms with Gasteiger partial charge in [-0.25, -0.2) is 0 Å². The lowest BCUT2D eigenvalue weighted by molar-refractivity contribution is -0.226. The zero-order chi connectivity index (χ0) is 33.4. The van der Waals surface area contributed by atoms with Crippen LogP contribution in [-0.4, -0.2) is 136 Å². The maximum absolute atomic E-state index is 12.3. The Hall–Kier alpha value is -0.910. The van der Waals surface area contributed by atoms with Crippen LogP contribution in [0.2, 0.25) is 0 Å². The summed E-state index contributed by atoms with van der Waals surface area (Å²) >= 11 is 0. The molecule has 2 aliphatic heterocycles. The van der Waals surface area contributed by atoms with Crippen LogP contribution in [0.4, 0.5) is 0 Å². The third kappa shape index (κ3) is 10.8. The van der Waals surface area contributed by atoms with Gasteiger partial charge in [0.2, 0.25) is 0 Å². The van der Waals surface area contributed by atoms with E-state index in [9.17, 15) is 24.9 Å². The molecule has 11 nitrogen and oxygen atoms in total. The maximum atomic E-state index is 12.3. The Morgan fingerprint density at radius 3 is 2.45 bits per heavy atom. The van der Waals surface area contributed by atoms with E-state index in [2.05, 4.69) is 30.6 Å². The zero-order valence-electron chi connectivity index (χ0n) is 28.5. The predicted molar refractivity (Wildman–Crippen MR) is 172 cm³/mol. The summed E-state index contributed by atoms with van der Waals surface area (Å²) < 4.78 is 18.4. The van der Waals surface area contributed by atoms with Crippen LogP contribution >= 0.6 is 8.58 Å². The first-order valence-corrected chi connectivity index (χ1v) is 17.6. The number of carboxylic acids is 1. The lowest BCUT2D eigenvalue weighted by Crippen LogP contribution is -2.59. The van der Waals surface area contributed by atoms with Crippen molar-refractivity contribution in [2.24, 2.45) is 11.8 Å². The second kappa shape index (κ2) is 17.3. The number of hydrogen-bond donors (Lipinski definition) is 4. The van der Waals surface area contributed by atoms with Gasteiger partial charge < -0.3 is 44.4 Å². The third-order valence-electron chi connectivity index (χ3n) is 9.80. The van der Waals surface area contributed by atoms with Crippen molar-refractivity contribution in [3.8, 4) is 0 Å². The second-order valence-electron chi connectivity index (χ2n) is 14.0. The van der Waals surface area contributed by atoms with Gasteiger partial charge in [0.05, 0.1) is 31.2 Å². The fraction of sp³-hybridized carbons (Fsp3) is 0.938. The van der Waals surface area contributed by atoms with E-state index in [0.29, 0.717) is 19.5 Å². The highest BCUT2D eigenvalue weighted by Crippen LogP contribution is 2.49. The van der Waals surface area contributed by atoms with Gasteiger partial charge in [-0.2, -0.15) is 0 Å². The number of hydrogen-bond acceptors (Lipinski definition) is 10. The molecule has 0 aliphatic carbocycles. The van der Waals surface area contributed by atoms with Crippen LogP contribution in [-0.2, 0) is 23.8 Å². The second-order valence-corrected chi connectivity index (χ2v) is 16.0. The Labute approximate surface area is 266 Å². The largest absolute Gasteiger partial charge is 0.481 e. The number of rotatable bonds is 18. The number of nitrogens with zero attached hydrogens (tertiary/aromatic N) is 2. The molecule has 0 spiro atoms. The monoisotopic (exact) mass is 648 g/mol. The molecule has 12 heteroatoms. The number of ether oxygens (including phenoxy) is 3. The Bertz CT molecular complexity index is 911. The van der Waals surface area contributed by atoms with E-state index in [1.54, 1.807) is 13.8 Å². The lowest BCUT2D eigenvalue weighted by Gasteiger charge is -2.43. The van der Waals surface area contributed by atoms with E-state index in [-0.39, 0.29) is 48.6 Å². The summed E-state index contributed by atoms with van der Waals surface area (Å²) in [5.41, 5.74) is -1.68. The molecule has 2 unspecified atom stereocenters. The van der Waals surface area contributed by atoms with Crippen molar-refractivity contribution in [2.45, 2.75) is 141 Å². The van der Waals surface area contributed by atoms with E-state index in [4.69, 9.17) is 19.3 Å². The number of carbonyl (C=O) groups is 2. The molecule has 44 heavy (non-hydrogen) atoms. The molecule has 0 aromatic heterocycles. The summed E-state index contributed by atoms with van der Waals surface area (Å²) in [4.78, 5) is 27.5. The smallest absolute Gasteiger partial charge is 0.311 e. The van der Waals surface area contributed by atoms with Crippen LogP contribution in [0.5, 0.6) is 0 Å². The molecule has 2 fully saturated rings. The van der Waals surface area contributed by atoms with Gasteiger partial charge in [0.25, 0.3) is 0 Å². The van der Waals surface area contributed by atoms with E-state index in [1.165, 1.54) is 6.92 Å². The molecular weight excluding hydrogens is 587 g/mol. The van der Waals surface area contributed by atoms with Gasteiger partial charge in [0, 0.05) is 36.8 Å². The number of carboxylic acid groups (broad SMARTS) is 1. The van der Waals surface area contributed by atoms with Crippen LogP contribution in [0.25, 0.3) is 0 Å². The molecule has 0 aromatic carbocycles. The molecule has 0 radical (unpaired) electrons. The minimum Gasteiger partial charge on any atom is -0.481 e. The molecule has 258 valence electrons. The van der Waals surface area contributed by atoms with Gasteiger partial charge in [0.1, 0.15) is 17.8 Å². The third-order valence-corrected chi connectivity index (χ3v) is 11.7. The van der Waals surface area contributed by atoms with Crippen molar-refractivity contribution in [3.05, 3.63) is 0 Å². The van der Waals surface area contributed by atoms with Gasteiger partial charge in [-0.1, -0.05) is 20.8 Å².